The Hall–Kier alpha value is -1.99. The summed E-state index contributed by atoms with van der Waals surface area (Å²) in [5, 5.41) is 2.97. The molecule has 1 aliphatic heterocycles. The molecule has 2 aromatic carbocycles. The van der Waals surface area contributed by atoms with Crippen molar-refractivity contribution in [3.05, 3.63) is 70.5 Å². The number of thioether (sulfide) groups is 1. The maximum atomic E-state index is 14.6. The second-order valence-corrected chi connectivity index (χ2v) is 11.8. The van der Waals surface area contributed by atoms with Crippen LogP contribution < -0.4 is 10.1 Å². The zero-order valence-electron chi connectivity index (χ0n) is 24.4. The third-order valence-corrected chi connectivity index (χ3v) is 8.08. The average Bonchev–Trinajstić information content (AvgIpc) is 3.32. The minimum atomic E-state index is -0.409. The molecule has 7 heteroatoms. The highest BCUT2D eigenvalue weighted by Crippen LogP contribution is 2.27. The Morgan fingerprint density at radius 3 is 2.25 bits per heavy atom. The van der Waals surface area contributed by atoms with Gasteiger partial charge in [-0.15, -0.1) is 28.7 Å². The molecular formula is C33H48BrFN2O2S. The molecule has 0 spiro atoms. The lowest BCUT2D eigenvalue weighted by Crippen LogP contribution is -2.16. The van der Waals surface area contributed by atoms with Gasteiger partial charge < -0.3 is 15.0 Å². The van der Waals surface area contributed by atoms with Crippen molar-refractivity contribution in [2.75, 3.05) is 17.8 Å². The highest BCUT2D eigenvalue weighted by atomic mass is 79.9. The van der Waals surface area contributed by atoms with E-state index in [1.807, 2.05) is 30.0 Å². The average molecular weight is 636 g/mol. The van der Waals surface area contributed by atoms with Crippen LogP contribution in [0, 0.1) is 5.82 Å². The minimum absolute atomic E-state index is 0. The summed E-state index contributed by atoms with van der Waals surface area (Å²) < 4.78 is 20.4. The first-order valence-corrected chi connectivity index (χ1v) is 15.9. The molecule has 0 aromatic heterocycles. The summed E-state index contributed by atoms with van der Waals surface area (Å²) in [6, 6.07) is 12.7. The van der Waals surface area contributed by atoms with E-state index in [1.165, 1.54) is 75.2 Å². The number of hydrogen-bond acceptors (Lipinski definition) is 4. The molecule has 40 heavy (non-hydrogen) atoms. The highest BCUT2D eigenvalue weighted by Gasteiger charge is 2.15. The summed E-state index contributed by atoms with van der Waals surface area (Å²) in [6.45, 7) is 5.64. The number of benzene rings is 2. The first kappa shape index (κ1) is 34.2. The molecule has 3 rings (SSSR count). The van der Waals surface area contributed by atoms with E-state index >= 15 is 0 Å². The van der Waals surface area contributed by atoms with Crippen molar-refractivity contribution in [2.45, 2.75) is 104 Å². The van der Waals surface area contributed by atoms with E-state index < -0.39 is 5.82 Å². The van der Waals surface area contributed by atoms with Gasteiger partial charge in [0.2, 0.25) is 5.91 Å². The smallest absolute Gasteiger partial charge is 0.228 e. The van der Waals surface area contributed by atoms with Crippen molar-refractivity contribution in [3.63, 3.8) is 0 Å². The summed E-state index contributed by atoms with van der Waals surface area (Å²) in [7, 11) is 0. The fraction of sp³-hybridized carbons (Fsp3) is 0.545. The van der Waals surface area contributed by atoms with E-state index in [0.29, 0.717) is 12.2 Å². The number of allylic oxidation sites excluding steroid dienone is 1. The predicted octanol–water partition coefficient (Wildman–Crippen LogP) is 10.0. The first-order valence-electron chi connectivity index (χ1n) is 14.9. The molecule has 0 radical (unpaired) electrons. The molecule has 0 atom stereocenters. The molecule has 1 aliphatic rings. The molecule has 222 valence electrons. The van der Waals surface area contributed by atoms with Crippen molar-refractivity contribution in [2.24, 2.45) is 0 Å². The van der Waals surface area contributed by atoms with Gasteiger partial charge in [-0.25, -0.2) is 4.39 Å². The Labute approximate surface area is 256 Å². The lowest BCUT2D eigenvalue weighted by Gasteiger charge is -2.15. The van der Waals surface area contributed by atoms with E-state index in [-0.39, 0.29) is 35.1 Å². The largest absolute Gasteiger partial charge is 0.490 e. The lowest BCUT2D eigenvalue weighted by atomic mass is 10.1. The summed E-state index contributed by atoms with van der Waals surface area (Å²) in [6.07, 6.45) is 17.5. The van der Waals surface area contributed by atoms with Gasteiger partial charge in [0.05, 0.1) is 18.9 Å². The van der Waals surface area contributed by atoms with Crippen molar-refractivity contribution in [1.82, 2.24) is 4.90 Å². The minimum Gasteiger partial charge on any atom is -0.490 e. The Kier molecular flexibility index (Phi) is 17.1. The van der Waals surface area contributed by atoms with Crippen molar-refractivity contribution in [3.8, 4) is 5.75 Å². The molecule has 0 saturated heterocycles. The van der Waals surface area contributed by atoms with E-state index in [2.05, 4.69) is 36.3 Å². The maximum Gasteiger partial charge on any atom is 0.228 e. The standard InChI is InChI=1S/C33H47FN2O2S.BrH/c1-3-4-5-6-7-8-9-10-11-12-13-14-21-38-33-29(18-16-20-31(33)34)23-32(37)35-30-19-15-17-28(22-30)25-36-24-27(2)39-26-36;/h15-20,22,24H,3-14,21,23,25-26H2,1-2H3,(H,35,37);1H. The zero-order valence-corrected chi connectivity index (χ0v) is 26.9. The van der Waals surface area contributed by atoms with Crippen LogP contribution in [-0.4, -0.2) is 23.3 Å². The number of para-hydroxylation sites is 1. The lowest BCUT2D eigenvalue weighted by molar-refractivity contribution is -0.115. The molecule has 1 N–H and O–H groups in total. The molecule has 0 saturated carbocycles. The number of carbonyl (C=O) groups is 1. The van der Waals surface area contributed by atoms with Gasteiger partial charge in [-0.2, -0.15) is 0 Å². The molecule has 0 unspecified atom stereocenters. The van der Waals surface area contributed by atoms with Crippen LogP contribution in [0.2, 0.25) is 0 Å². The van der Waals surface area contributed by atoms with E-state index in [0.717, 1.165) is 36.5 Å². The van der Waals surface area contributed by atoms with Gasteiger partial charge in [-0.1, -0.05) is 102 Å². The molecule has 0 bridgehead atoms. The summed E-state index contributed by atoms with van der Waals surface area (Å²) in [4.78, 5) is 16.4. The quantitative estimate of drug-likeness (QED) is 0.156. The van der Waals surface area contributed by atoms with Crippen LogP contribution in [0.4, 0.5) is 10.1 Å². The predicted molar refractivity (Wildman–Crippen MR) is 174 cm³/mol. The third-order valence-electron chi connectivity index (χ3n) is 7.06. The number of amides is 1. The van der Waals surface area contributed by atoms with Crippen LogP contribution in [0.1, 0.15) is 102 Å². The Morgan fingerprint density at radius 2 is 1.60 bits per heavy atom. The van der Waals surface area contributed by atoms with Crippen LogP contribution in [-0.2, 0) is 17.8 Å². The van der Waals surface area contributed by atoms with Crippen molar-refractivity contribution >= 4 is 40.3 Å². The van der Waals surface area contributed by atoms with Gasteiger partial charge in [0.1, 0.15) is 0 Å². The van der Waals surface area contributed by atoms with Gasteiger partial charge in [-0.05, 0) is 42.0 Å². The fourth-order valence-corrected chi connectivity index (χ4v) is 5.70. The molecule has 4 nitrogen and oxygen atoms in total. The van der Waals surface area contributed by atoms with Crippen molar-refractivity contribution in [1.29, 1.82) is 0 Å². The number of carbonyl (C=O) groups excluding carboxylic acids is 1. The van der Waals surface area contributed by atoms with E-state index in [9.17, 15) is 9.18 Å². The van der Waals surface area contributed by atoms with Crippen LogP contribution in [0.25, 0.3) is 0 Å². The molecule has 1 heterocycles. The van der Waals surface area contributed by atoms with Gasteiger partial charge >= 0.3 is 0 Å². The van der Waals surface area contributed by atoms with Crippen LogP contribution in [0.3, 0.4) is 0 Å². The van der Waals surface area contributed by atoms with E-state index in [4.69, 9.17) is 4.74 Å². The van der Waals surface area contributed by atoms with Crippen molar-refractivity contribution < 1.29 is 13.9 Å². The van der Waals surface area contributed by atoms with Gasteiger partial charge in [0.15, 0.2) is 11.6 Å². The normalized spacial score (nSPS) is 12.7. The second kappa shape index (κ2) is 20.0. The van der Waals surface area contributed by atoms with Crippen LogP contribution in [0.15, 0.2) is 53.6 Å². The monoisotopic (exact) mass is 634 g/mol. The molecule has 2 aromatic rings. The van der Waals surface area contributed by atoms with Crippen LogP contribution >= 0.6 is 28.7 Å². The Balaban J connectivity index is 0.00000560. The molecule has 1 amide bonds. The van der Waals surface area contributed by atoms with Gasteiger partial charge in [-0.3, -0.25) is 4.79 Å². The molecule has 0 aliphatic carbocycles. The number of nitrogens with one attached hydrogen (secondary N) is 1. The number of unbranched alkanes of at least 4 members (excludes halogenated alkanes) is 11. The third kappa shape index (κ3) is 13.1. The second-order valence-electron chi connectivity index (χ2n) is 10.7. The number of rotatable bonds is 19. The Bertz CT molecular complexity index is 1050. The first-order chi connectivity index (χ1) is 19.0. The number of anilines is 1. The topological polar surface area (TPSA) is 41.6 Å². The van der Waals surface area contributed by atoms with Gasteiger partial charge in [0.25, 0.3) is 0 Å². The SMILES string of the molecule is Br.CCCCCCCCCCCCCCOc1c(F)cccc1CC(=O)Nc1cccc(CN2C=C(C)SC2)c1. The van der Waals surface area contributed by atoms with Gasteiger partial charge in [0, 0.05) is 24.0 Å². The summed E-state index contributed by atoms with van der Waals surface area (Å²) in [5.74, 6) is 0.566. The van der Waals surface area contributed by atoms with E-state index in [1.54, 1.807) is 12.1 Å². The summed E-state index contributed by atoms with van der Waals surface area (Å²) >= 11 is 1.83. The zero-order chi connectivity index (χ0) is 27.7. The number of ether oxygens (including phenoxy) is 1. The number of hydrogen-bond donors (Lipinski definition) is 1. The molecular weight excluding hydrogens is 587 g/mol. The number of halogens is 2. The Morgan fingerprint density at radius 1 is 0.950 bits per heavy atom. The molecule has 0 fully saturated rings. The maximum absolute atomic E-state index is 14.6. The highest BCUT2D eigenvalue weighted by molar-refractivity contribution is 8.93. The van der Waals surface area contributed by atoms with Crippen LogP contribution in [0.5, 0.6) is 5.75 Å². The number of nitrogens with zero attached hydrogens (tertiary/aromatic N) is 1. The summed E-state index contributed by atoms with van der Waals surface area (Å²) in [5.41, 5.74) is 2.47. The fourth-order valence-electron chi connectivity index (χ4n) is 4.94.